The fourth-order valence-electron chi connectivity index (χ4n) is 1.96. The average molecular weight is 373 g/mol. The van der Waals surface area contributed by atoms with Gasteiger partial charge in [0.25, 0.3) is 17.5 Å². The summed E-state index contributed by atoms with van der Waals surface area (Å²) in [6.07, 6.45) is 0. The molecule has 0 radical (unpaired) electrons. The molecule has 0 aliphatic carbocycles. The number of non-ortho nitro benzene ring substituents is 1. The van der Waals surface area contributed by atoms with Crippen LogP contribution in [0.2, 0.25) is 0 Å². The first-order chi connectivity index (χ1) is 12.9. The van der Waals surface area contributed by atoms with Crippen molar-refractivity contribution in [1.29, 1.82) is 0 Å². The largest absolute Gasteiger partial charge is 0.452 e. The highest BCUT2D eigenvalue weighted by atomic mass is 16.6. The zero-order valence-electron chi connectivity index (χ0n) is 13.9. The zero-order chi connectivity index (χ0) is 19.8. The predicted molar refractivity (Wildman–Crippen MR) is 91.4 cm³/mol. The van der Waals surface area contributed by atoms with Crippen molar-refractivity contribution in [2.45, 2.75) is 6.61 Å². The quantitative estimate of drug-likeness (QED) is 0.383. The van der Waals surface area contributed by atoms with Gasteiger partial charge in [0, 0.05) is 17.7 Å². The minimum absolute atomic E-state index is 0.0227. The number of esters is 1. The molecule has 2 aromatic rings. The summed E-state index contributed by atoms with van der Waals surface area (Å²) in [7, 11) is 0. The molecule has 0 saturated carbocycles. The summed E-state index contributed by atoms with van der Waals surface area (Å²) < 4.78 is 4.80. The topological polar surface area (TPSA) is 148 Å². The predicted octanol–water partition coefficient (Wildman–Crippen LogP) is 0.705. The molecule has 0 aromatic heterocycles. The van der Waals surface area contributed by atoms with Gasteiger partial charge in [0.05, 0.1) is 17.1 Å². The van der Waals surface area contributed by atoms with Crippen LogP contribution in [-0.4, -0.2) is 34.4 Å². The number of amides is 2. The summed E-state index contributed by atoms with van der Waals surface area (Å²) in [5.74, 6) is -2.31. The first kappa shape index (κ1) is 19.5. The Morgan fingerprint density at radius 1 is 1.04 bits per heavy atom. The molecule has 2 aromatic carbocycles. The van der Waals surface area contributed by atoms with Crippen LogP contribution in [0.5, 0.6) is 0 Å². The number of nitrogens with one attached hydrogen (secondary N) is 2. The van der Waals surface area contributed by atoms with Crippen LogP contribution in [0.1, 0.15) is 26.3 Å². The minimum Gasteiger partial charge on any atom is -0.452 e. The molecule has 27 heavy (non-hydrogen) atoms. The maximum Gasteiger partial charge on any atom is 0.338 e. The second-order valence-corrected chi connectivity index (χ2v) is 5.24. The Morgan fingerprint density at radius 2 is 1.74 bits per heavy atom. The van der Waals surface area contributed by atoms with Gasteiger partial charge < -0.3 is 9.84 Å². The Hall–Kier alpha value is -3.79. The van der Waals surface area contributed by atoms with E-state index in [2.05, 4.69) is 5.43 Å². The highest BCUT2D eigenvalue weighted by Crippen LogP contribution is 2.12. The van der Waals surface area contributed by atoms with E-state index in [4.69, 9.17) is 9.84 Å². The fraction of sp³-hybridized carbons (Fsp3) is 0.118. The van der Waals surface area contributed by atoms with Crippen LogP contribution < -0.4 is 10.9 Å². The summed E-state index contributed by atoms with van der Waals surface area (Å²) in [4.78, 5) is 45.3. The van der Waals surface area contributed by atoms with E-state index >= 15 is 0 Å². The number of carbonyl (C=O) groups excluding carboxylic acids is 3. The SMILES string of the molecule is O=C(COC(=O)c1ccc(CO)cc1)NNC(=O)c1cccc([N+](=O)[O-])c1. The number of nitro groups is 1. The van der Waals surface area contributed by atoms with Gasteiger partial charge in [-0.25, -0.2) is 4.79 Å². The Bertz CT molecular complexity index is 865. The van der Waals surface area contributed by atoms with Gasteiger partial charge in [-0.3, -0.25) is 30.6 Å². The smallest absolute Gasteiger partial charge is 0.338 e. The van der Waals surface area contributed by atoms with Gasteiger partial charge in [0.2, 0.25) is 0 Å². The molecule has 2 rings (SSSR count). The molecule has 10 heteroatoms. The van der Waals surface area contributed by atoms with Crippen LogP contribution >= 0.6 is 0 Å². The van der Waals surface area contributed by atoms with E-state index in [0.29, 0.717) is 5.56 Å². The number of carbonyl (C=O) groups is 3. The van der Waals surface area contributed by atoms with E-state index in [-0.39, 0.29) is 23.4 Å². The lowest BCUT2D eigenvalue weighted by molar-refractivity contribution is -0.384. The number of hydrazine groups is 1. The van der Waals surface area contributed by atoms with Gasteiger partial charge >= 0.3 is 5.97 Å². The molecule has 0 aliphatic heterocycles. The average Bonchev–Trinajstić information content (AvgIpc) is 2.70. The van der Waals surface area contributed by atoms with Crippen molar-refractivity contribution in [3.8, 4) is 0 Å². The molecule has 0 saturated heterocycles. The summed E-state index contributed by atoms with van der Waals surface area (Å²) >= 11 is 0. The number of nitrogens with zero attached hydrogens (tertiary/aromatic N) is 1. The van der Waals surface area contributed by atoms with E-state index in [0.717, 1.165) is 6.07 Å². The summed E-state index contributed by atoms with van der Waals surface area (Å²) in [5.41, 5.74) is 4.62. The number of aliphatic hydroxyl groups excluding tert-OH is 1. The molecule has 0 heterocycles. The first-order valence-electron chi connectivity index (χ1n) is 7.61. The van der Waals surface area contributed by atoms with Gasteiger partial charge in [-0.15, -0.1) is 0 Å². The molecule has 140 valence electrons. The minimum atomic E-state index is -0.797. The van der Waals surface area contributed by atoms with Crippen molar-refractivity contribution >= 4 is 23.5 Å². The Kier molecular flexibility index (Phi) is 6.55. The Morgan fingerprint density at radius 3 is 2.37 bits per heavy atom. The second kappa shape index (κ2) is 9.06. The number of hydrogen-bond acceptors (Lipinski definition) is 7. The van der Waals surface area contributed by atoms with E-state index in [1.165, 1.54) is 42.5 Å². The van der Waals surface area contributed by atoms with E-state index in [9.17, 15) is 24.5 Å². The number of ether oxygens (including phenoxy) is 1. The summed E-state index contributed by atoms with van der Waals surface area (Å²) in [6, 6.07) is 10.9. The molecule has 0 fully saturated rings. The third kappa shape index (κ3) is 5.61. The monoisotopic (exact) mass is 373 g/mol. The van der Waals surface area contributed by atoms with Gasteiger partial charge in [0.15, 0.2) is 6.61 Å². The van der Waals surface area contributed by atoms with Gasteiger partial charge in [-0.05, 0) is 23.8 Å². The van der Waals surface area contributed by atoms with Crippen molar-refractivity contribution in [1.82, 2.24) is 10.9 Å². The molecular weight excluding hydrogens is 358 g/mol. The Labute approximate surface area is 152 Å². The number of nitro benzene ring substituents is 1. The highest BCUT2D eigenvalue weighted by Gasteiger charge is 2.13. The van der Waals surface area contributed by atoms with Crippen LogP contribution in [0.25, 0.3) is 0 Å². The van der Waals surface area contributed by atoms with E-state index in [1.54, 1.807) is 0 Å². The zero-order valence-corrected chi connectivity index (χ0v) is 13.9. The first-order valence-corrected chi connectivity index (χ1v) is 7.61. The van der Waals surface area contributed by atoms with Gasteiger partial charge in [-0.1, -0.05) is 18.2 Å². The normalized spacial score (nSPS) is 9.96. The van der Waals surface area contributed by atoms with Crippen molar-refractivity contribution in [2.75, 3.05) is 6.61 Å². The molecule has 2 amide bonds. The fourth-order valence-corrected chi connectivity index (χ4v) is 1.96. The van der Waals surface area contributed by atoms with E-state index in [1.807, 2.05) is 5.43 Å². The lowest BCUT2D eigenvalue weighted by atomic mass is 10.1. The third-order valence-corrected chi connectivity index (χ3v) is 3.34. The van der Waals surface area contributed by atoms with Gasteiger partial charge in [0.1, 0.15) is 0 Å². The highest BCUT2D eigenvalue weighted by molar-refractivity contribution is 5.96. The van der Waals surface area contributed by atoms with Crippen LogP contribution in [0.3, 0.4) is 0 Å². The van der Waals surface area contributed by atoms with Crippen LogP contribution in [0.4, 0.5) is 5.69 Å². The maximum atomic E-state index is 11.9. The molecule has 0 aliphatic rings. The van der Waals surface area contributed by atoms with E-state index < -0.39 is 29.3 Å². The molecule has 0 atom stereocenters. The number of rotatable bonds is 6. The lowest BCUT2D eigenvalue weighted by Crippen LogP contribution is -2.43. The third-order valence-electron chi connectivity index (χ3n) is 3.34. The van der Waals surface area contributed by atoms with Crippen molar-refractivity contribution in [3.05, 3.63) is 75.3 Å². The van der Waals surface area contributed by atoms with Crippen molar-refractivity contribution in [2.24, 2.45) is 0 Å². The standard InChI is InChI=1S/C17H15N3O7/c21-9-11-4-6-12(7-5-11)17(24)27-10-15(22)18-19-16(23)13-2-1-3-14(8-13)20(25)26/h1-8,21H,9-10H2,(H,18,22)(H,19,23). The van der Waals surface area contributed by atoms with Crippen LogP contribution in [0.15, 0.2) is 48.5 Å². The summed E-state index contributed by atoms with van der Waals surface area (Å²) in [6.45, 7) is -0.808. The van der Waals surface area contributed by atoms with Crippen LogP contribution in [-0.2, 0) is 16.1 Å². The Balaban J connectivity index is 1.81. The number of hydrogen-bond donors (Lipinski definition) is 3. The van der Waals surface area contributed by atoms with Crippen LogP contribution in [0, 0.1) is 10.1 Å². The molecule has 0 spiro atoms. The summed E-state index contributed by atoms with van der Waals surface area (Å²) in [5, 5.41) is 19.6. The molecular formula is C17H15N3O7. The van der Waals surface area contributed by atoms with Crippen molar-refractivity contribution < 1.29 is 29.2 Å². The lowest BCUT2D eigenvalue weighted by Gasteiger charge is -2.08. The van der Waals surface area contributed by atoms with Crippen molar-refractivity contribution in [3.63, 3.8) is 0 Å². The molecule has 0 unspecified atom stereocenters. The second-order valence-electron chi connectivity index (χ2n) is 5.24. The number of benzene rings is 2. The molecule has 10 nitrogen and oxygen atoms in total. The molecule has 3 N–H and O–H groups in total. The maximum absolute atomic E-state index is 11.9. The molecule has 0 bridgehead atoms. The number of aliphatic hydroxyl groups is 1. The van der Waals surface area contributed by atoms with Gasteiger partial charge in [-0.2, -0.15) is 0 Å².